The van der Waals surface area contributed by atoms with E-state index >= 15 is 0 Å². The molecule has 1 heterocycles. The standard InChI is InChI=1S/C12H13FO4/c13-9-6-11(14)17-10(9)7-16-12(15)8-4-2-1-3-5-8/h1-5,9-11,14H,6-7H2/t9-,10-,11?/m1/s1. The molecule has 1 aromatic rings. The van der Waals surface area contributed by atoms with Gasteiger partial charge >= 0.3 is 5.97 Å². The molecular weight excluding hydrogens is 227 g/mol. The van der Waals surface area contributed by atoms with Crippen LogP contribution < -0.4 is 0 Å². The molecule has 2 rings (SSSR count). The van der Waals surface area contributed by atoms with Gasteiger partial charge in [-0.2, -0.15) is 0 Å². The Balaban J connectivity index is 1.85. The van der Waals surface area contributed by atoms with Crippen molar-refractivity contribution >= 4 is 5.97 Å². The number of carbonyl (C=O) groups excluding carboxylic acids is 1. The van der Waals surface area contributed by atoms with Crippen molar-refractivity contribution in [3.8, 4) is 0 Å². The fourth-order valence-electron chi connectivity index (χ4n) is 1.65. The molecule has 0 radical (unpaired) electrons. The third-order valence-corrected chi connectivity index (χ3v) is 2.55. The van der Waals surface area contributed by atoms with Gasteiger partial charge in [-0.25, -0.2) is 9.18 Å². The summed E-state index contributed by atoms with van der Waals surface area (Å²) in [6.07, 6.45) is -3.36. The highest BCUT2D eigenvalue weighted by molar-refractivity contribution is 5.89. The van der Waals surface area contributed by atoms with E-state index in [9.17, 15) is 9.18 Å². The zero-order valence-electron chi connectivity index (χ0n) is 9.08. The van der Waals surface area contributed by atoms with E-state index in [0.717, 1.165) is 0 Å². The topological polar surface area (TPSA) is 55.8 Å². The van der Waals surface area contributed by atoms with Crippen molar-refractivity contribution in [1.29, 1.82) is 0 Å². The normalized spacial score (nSPS) is 28.0. The summed E-state index contributed by atoms with van der Waals surface area (Å²) in [6.45, 7) is -0.189. The molecule has 1 N–H and O–H groups in total. The Morgan fingerprint density at radius 1 is 1.47 bits per heavy atom. The van der Waals surface area contributed by atoms with Crippen molar-refractivity contribution in [2.24, 2.45) is 0 Å². The van der Waals surface area contributed by atoms with Crippen LogP contribution in [0.15, 0.2) is 30.3 Å². The predicted molar refractivity (Wildman–Crippen MR) is 57.1 cm³/mol. The van der Waals surface area contributed by atoms with Crippen LogP contribution in [0.5, 0.6) is 0 Å². The summed E-state index contributed by atoms with van der Waals surface area (Å²) in [5.74, 6) is -0.525. The van der Waals surface area contributed by atoms with Crippen LogP contribution in [0.4, 0.5) is 4.39 Å². The van der Waals surface area contributed by atoms with E-state index in [1.54, 1.807) is 30.3 Å². The van der Waals surface area contributed by atoms with Crippen molar-refractivity contribution in [3.05, 3.63) is 35.9 Å². The Morgan fingerprint density at radius 2 is 2.18 bits per heavy atom. The van der Waals surface area contributed by atoms with Crippen molar-refractivity contribution in [1.82, 2.24) is 0 Å². The van der Waals surface area contributed by atoms with E-state index in [1.165, 1.54) is 0 Å². The van der Waals surface area contributed by atoms with Gasteiger partial charge in [-0.15, -0.1) is 0 Å². The number of aliphatic hydroxyl groups is 1. The number of hydrogen-bond donors (Lipinski definition) is 1. The van der Waals surface area contributed by atoms with Crippen LogP contribution in [0.25, 0.3) is 0 Å². The van der Waals surface area contributed by atoms with Crippen molar-refractivity contribution in [2.45, 2.75) is 25.0 Å². The number of esters is 1. The van der Waals surface area contributed by atoms with Gasteiger partial charge in [0.05, 0.1) is 5.56 Å². The molecule has 0 aliphatic carbocycles. The number of carbonyl (C=O) groups is 1. The summed E-state index contributed by atoms with van der Waals surface area (Å²) < 4.78 is 23.0. The van der Waals surface area contributed by atoms with Crippen LogP contribution >= 0.6 is 0 Å². The van der Waals surface area contributed by atoms with Gasteiger partial charge in [-0.1, -0.05) is 18.2 Å². The first-order valence-electron chi connectivity index (χ1n) is 5.36. The maximum atomic E-state index is 13.2. The minimum atomic E-state index is -1.30. The lowest BCUT2D eigenvalue weighted by Gasteiger charge is -2.12. The molecule has 1 aliphatic rings. The van der Waals surface area contributed by atoms with Crippen molar-refractivity contribution < 1.29 is 23.8 Å². The summed E-state index contributed by atoms with van der Waals surface area (Å²) in [4.78, 5) is 11.5. The highest BCUT2D eigenvalue weighted by Crippen LogP contribution is 2.22. The molecule has 0 saturated carbocycles. The maximum Gasteiger partial charge on any atom is 0.338 e. The predicted octanol–water partition coefficient (Wildman–Crippen LogP) is 1.29. The molecule has 1 aromatic carbocycles. The second-order valence-corrected chi connectivity index (χ2v) is 3.85. The fourth-order valence-corrected chi connectivity index (χ4v) is 1.65. The second kappa shape index (κ2) is 5.25. The Kier molecular flexibility index (Phi) is 3.71. The number of ether oxygens (including phenoxy) is 2. The van der Waals surface area contributed by atoms with Crippen LogP contribution in [-0.4, -0.2) is 36.2 Å². The Bertz CT molecular complexity index is 381. The third-order valence-electron chi connectivity index (χ3n) is 2.55. The molecule has 1 saturated heterocycles. The highest BCUT2D eigenvalue weighted by Gasteiger charge is 2.35. The van der Waals surface area contributed by atoms with Crippen LogP contribution in [0.2, 0.25) is 0 Å². The van der Waals surface area contributed by atoms with E-state index in [1.807, 2.05) is 0 Å². The first kappa shape index (κ1) is 12.0. The molecule has 0 bridgehead atoms. The molecule has 3 atom stereocenters. The smallest absolute Gasteiger partial charge is 0.338 e. The second-order valence-electron chi connectivity index (χ2n) is 3.85. The lowest BCUT2D eigenvalue weighted by atomic mass is 10.2. The number of alkyl halides is 1. The van der Waals surface area contributed by atoms with Gasteiger partial charge in [0.15, 0.2) is 6.29 Å². The fraction of sp³-hybridized carbons (Fsp3) is 0.417. The van der Waals surface area contributed by atoms with Crippen LogP contribution in [0.3, 0.4) is 0 Å². The molecule has 0 aromatic heterocycles. The van der Waals surface area contributed by atoms with Gasteiger partial charge in [-0.3, -0.25) is 0 Å². The Labute approximate surface area is 98.0 Å². The van der Waals surface area contributed by atoms with Crippen LogP contribution in [-0.2, 0) is 9.47 Å². The van der Waals surface area contributed by atoms with Gasteiger partial charge in [0.25, 0.3) is 0 Å². The molecule has 4 nitrogen and oxygen atoms in total. The van der Waals surface area contributed by atoms with Crippen LogP contribution in [0.1, 0.15) is 16.8 Å². The number of hydrogen-bond acceptors (Lipinski definition) is 4. The summed E-state index contributed by atoms with van der Waals surface area (Å²) in [6, 6.07) is 8.43. The Morgan fingerprint density at radius 3 is 2.76 bits per heavy atom. The number of halogens is 1. The van der Waals surface area contributed by atoms with Gasteiger partial charge in [0.2, 0.25) is 0 Å². The van der Waals surface area contributed by atoms with Crippen molar-refractivity contribution in [2.75, 3.05) is 6.61 Å². The molecule has 1 fully saturated rings. The summed E-state index contributed by atoms with van der Waals surface area (Å²) in [5.41, 5.74) is 0.404. The van der Waals surface area contributed by atoms with E-state index < -0.39 is 24.5 Å². The molecule has 92 valence electrons. The van der Waals surface area contributed by atoms with E-state index in [0.29, 0.717) is 5.56 Å². The number of rotatable bonds is 3. The van der Waals surface area contributed by atoms with Crippen LogP contribution in [0, 0.1) is 0 Å². The summed E-state index contributed by atoms with van der Waals surface area (Å²) in [7, 11) is 0. The average Bonchev–Trinajstić information content (AvgIpc) is 2.66. The van der Waals surface area contributed by atoms with E-state index in [2.05, 4.69) is 0 Å². The Hall–Kier alpha value is -1.46. The minimum Gasteiger partial charge on any atom is -0.459 e. The molecule has 0 amide bonds. The maximum absolute atomic E-state index is 13.2. The third kappa shape index (κ3) is 3.01. The lowest BCUT2D eigenvalue weighted by molar-refractivity contribution is -0.106. The molecular formula is C12H13FO4. The molecule has 1 aliphatic heterocycles. The van der Waals surface area contributed by atoms with E-state index in [4.69, 9.17) is 14.6 Å². The molecule has 0 spiro atoms. The first-order chi connectivity index (χ1) is 8.16. The number of aliphatic hydroxyl groups excluding tert-OH is 1. The highest BCUT2D eigenvalue weighted by atomic mass is 19.1. The SMILES string of the molecule is O=C(OC[C@H]1OC(O)C[C@H]1F)c1ccccc1. The minimum absolute atomic E-state index is 0.0758. The lowest BCUT2D eigenvalue weighted by Crippen LogP contribution is -2.25. The van der Waals surface area contributed by atoms with Gasteiger partial charge in [-0.05, 0) is 12.1 Å². The van der Waals surface area contributed by atoms with Crippen molar-refractivity contribution in [3.63, 3.8) is 0 Å². The van der Waals surface area contributed by atoms with Gasteiger partial charge in [0, 0.05) is 6.42 Å². The largest absolute Gasteiger partial charge is 0.459 e. The van der Waals surface area contributed by atoms with E-state index in [-0.39, 0.29) is 13.0 Å². The molecule has 1 unspecified atom stereocenters. The zero-order chi connectivity index (χ0) is 12.3. The first-order valence-corrected chi connectivity index (χ1v) is 5.36. The zero-order valence-corrected chi connectivity index (χ0v) is 9.08. The quantitative estimate of drug-likeness (QED) is 0.809. The molecule has 5 heteroatoms. The molecule has 17 heavy (non-hydrogen) atoms. The average molecular weight is 240 g/mol. The van der Waals surface area contributed by atoms with Gasteiger partial charge in [0.1, 0.15) is 18.9 Å². The monoisotopic (exact) mass is 240 g/mol. The van der Waals surface area contributed by atoms with Gasteiger partial charge < -0.3 is 14.6 Å². The summed E-state index contributed by atoms with van der Waals surface area (Å²) >= 11 is 0. The number of benzene rings is 1. The summed E-state index contributed by atoms with van der Waals surface area (Å²) in [5, 5.41) is 9.05.